The van der Waals surface area contributed by atoms with Crippen molar-refractivity contribution in [3.63, 3.8) is 0 Å². The number of carbonyl (C=O) groups excluding carboxylic acids is 1. The zero-order chi connectivity index (χ0) is 13.7. The summed E-state index contributed by atoms with van der Waals surface area (Å²) in [5.41, 5.74) is 0. The van der Waals surface area contributed by atoms with E-state index in [2.05, 4.69) is 5.32 Å². The average molecular weight is 267 g/mol. The van der Waals surface area contributed by atoms with Gasteiger partial charge in [-0.25, -0.2) is 0 Å². The van der Waals surface area contributed by atoms with Gasteiger partial charge in [0.05, 0.1) is 5.92 Å². The van der Waals surface area contributed by atoms with Crippen LogP contribution in [-0.2, 0) is 9.59 Å². The molecule has 2 aliphatic rings. The average Bonchev–Trinajstić information content (AvgIpc) is 2.65. The Balaban J connectivity index is 1.93. The molecule has 2 fully saturated rings. The van der Waals surface area contributed by atoms with Crippen molar-refractivity contribution >= 4 is 11.9 Å². The van der Waals surface area contributed by atoms with E-state index in [-0.39, 0.29) is 17.9 Å². The molecule has 2 aliphatic carbocycles. The Labute approximate surface area is 115 Å². The highest BCUT2D eigenvalue weighted by Crippen LogP contribution is 2.27. The van der Waals surface area contributed by atoms with Crippen LogP contribution in [0.25, 0.3) is 0 Å². The summed E-state index contributed by atoms with van der Waals surface area (Å²) in [7, 11) is 0. The predicted molar refractivity (Wildman–Crippen MR) is 72.7 cm³/mol. The lowest BCUT2D eigenvalue weighted by Crippen LogP contribution is -2.45. The summed E-state index contributed by atoms with van der Waals surface area (Å²) < 4.78 is 0. The molecule has 0 bridgehead atoms. The Hall–Kier alpha value is -1.06. The van der Waals surface area contributed by atoms with Crippen molar-refractivity contribution in [2.24, 2.45) is 11.8 Å². The Morgan fingerprint density at radius 1 is 0.842 bits per heavy atom. The maximum Gasteiger partial charge on any atom is 0.308 e. The minimum absolute atomic E-state index is 0.0952. The first kappa shape index (κ1) is 14.4. The molecule has 0 radical (unpaired) electrons. The first-order valence-corrected chi connectivity index (χ1v) is 7.71. The van der Waals surface area contributed by atoms with Crippen LogP contribution in [0.15, 0.2) is 0 Å². The summed E-state index contributed by atoms with van der Waals surface area (Å²) in [6, 6.07) is -0.158. The summed E-state index contributed by atoms with van der Waals surface area (Å²) >= 11 is 0. The van der Waals surface area contributed by atoms with Crippen molar-refractivity contribution in [3.8, 4) is 0 Å². The molecule has 0 aromatic carbocycles. The molecular formula is C15H25NO3. The second-order valence-electron chi connectivity index (χ2n) is 6.03. The predicted octanol–water partition coefficient (Wildman–Crippen LogP) is 2.72. The van der Waals surface area contributed by atoms with Crippen LogP contribution >= 0.6 is 0 Å². The van der Waals surface area contributed by atoms with Gasteiger partial charge in [-0.1, -0.05) is 38.5 Å². The summed E-state index contributed by atoms with van der Waals surface area (Å²) in [6.07, 6.45) is 10.0. The molecule has 1 amide bonds. The van der Waals surface area contributed by atoms with Crippen LogP contribution < -0.4 is 5.32 Å². The van der Waals surface area contributed by atoms with Crippen molar-refractivity contribution < 1.29 is 14.7 Å². The number of hydrogen-bond donors (Lipinski definition) is 2. The number of carboxylic acid groups (broad SMARTS) is 1. The first-order chi connectivity index (χ1) is 9.18. The van der Waals surface area contributed by atoms with Crippen LogP contribution in [0.5, 0.6) is 0 Å². The number of carbonyl (C=O) groups is 2. The number of hydrogen-bond acceptors (Lipinski definition) is 2. The molecule has 0 aliphatic heterocycles. The van der Waals surface area contributed by atoms with E-state index in [9.17, 15) is 14.7 Å². The van der Waals surface area contributed by atoms with Gasteiger partial charge in [0.25, 0.3) is 0 Å². The van der Waals surface area contributed by atoms with Gasteiger partial charge in [-0.2, -0.15) is 0 Å². The van der Waals surface area contributed by atoms with Crippen LogP contribution in [0, 0.1) is 11.8 Å². The van der Waals surface area contributed by atoms with E-state index in [1.54, 1.807) is 0 Å². The van der Waals surface area contributed by atoms with E-state index in [0.29, 0.717) is 6.42 Å². The highest BCUT2D eigenvalue weighted by molar-refractivity contribution is 5.80. The van der Waals surface area contributed by atoms with Crippen LogP contribution in [0.1, 0.15) is 64.2 Å². The van der Waals surface area contributed by atoms with E-state index < -0.39 is 11.9 Å². The smallest absolute Gasteiger partial charge is 0.308 e. The monoisotopic (exact) mass is 267 g/mol. The largest absolute Gasteiger partial charge is 0.481 e. The van der Waals surface area contributed by atoms with E-state index in [1.165, 1.54) is 6.42 Å². The number of aliphatic carboxylic acids is 1. The lowest BCUT2D eigenvalue weighted by Gasteiger charge is -2.27. The minimum atomic E-state index is -0.754. The molecule has 0 aromatic heterocycles. The van der Waals surface area contributed by atoms with Crippen molar-refractivity contribution in [2.75, 3.05) is 0 Å². The minimum Gasteiger partial charge on any atom is -0.481 e. The van der Waals surface area contributed by atoms with Crippen molar-refractivity contribution in [2.45, 2.75) is 70.3 Å². The van der Waals surface area contributed by atoms with Gasteiger partial charge >= 0.3 is 5.97 Å². The van der Waals surface area contributed by atoms with Crippen LogP contribution in [0.4, 0.5) is 0 Å². The zero-order valence-corrected chi connectivity index (χ0v) is 11.6. The summed E-state index contributed by atoms with van der Waals surface area (Å²) in [5.74, 6) is -0.935. The molecule has 0 heterocycles. The molecule has 2 atom stereocenters. The second kappa shape index (κ2) is 6.92. The molecule has 19 heavy (non-hydrogen) atoms. The van der Waals surface area contributed by atoms with Gasteiger partial charge < -0.3 is 10.4 Å². The molecule has 2 N–H and O–H groups in total. The number of amides is 1. The summed E-state index contributed by atoms with van der Waals surface area (Å²) in [4.78, 5) is 23.6. The highest BCUT2D eigenvalue weighted by Gasteiger charge is 2.32. The summed E-state index contributed by atoms with van der Waals surface area (Å²) in [5, 5.41) is 12.3. The van der Waals surface area contributed by atoms with Gasteiger partial charge in [0, 0.05) is 12.0 Å². The molecule has 0 aromatic rings. The van der Waals surface area contributed by atoms with Crippen molar-refractivity contribution in [1.29, 1.82) is 0 Å². The zero-order valence-electron chi connectivity index (χ0n) is 11.6. The standard InChI is InChI=1S/C15H25NO3/c17-14(11-7-3-1-4-8-11)16-13-10-6-2-5-9-12(13)15(18)19/h11-13H,1-10H2,(H,16,17)(H,18,19)/t12-,13+/m1/s1. The van der Waals surface area contributed by atoms with Crippen LogP contribution in [-0.4, -0.2) is 23.0 Å². The highest BCUT2D eigenvalue weighted by atomic mass is 16.4. The van der Waals surface area contributed by atoms with Crippen LogP contribution in [0.3, 0.4) is 0 Å². The Kier molecular flexibility index (Phi) is 5.23. The molecular weight excluding hydrogens is 242 g/mol. The van der Waals surface area contributed by atoms with Gasteiger partial charge in [0.1, 0.15) is 0 Å². The quantitative estimate of drug-likeness (QED) is 0.773. The third-order valence-electron chi connectivity index (χ3n) is 4.64. The first-order valence-electron chi connectivity index (χ1n) is 7.71. The third-order valence-corrected chi connectivity index (χ3v) is 4.64. The summed E-state index contributed by atoms with van der Waals surface area (Å²) in [6.45, 7) is 0. The van der Waals surface area contributed by atoms with Crippen molar-refractivity contribution in [1.82, 2.24) is 5.32 Å². The molecule has 108 valence electrons. The van der Waals surface area contributed by atoms with E-state index in [4.69, 9.17) is 0 Å². The molecule has 2 rings (SSSR count). The SMILES string of the molecule is O=C(N[C@H]1CCCCC[C@H]1C(=O)O)C1CCCCC1. The van der Waals surface area contributed by atoms with Crippen molar-refractivity contribution in [3.05, 3.63) is 0 Å². The Bertz CT molecular complexity index is 323. The maximum absolute atomic E-state index is 12.2. The third kappa shape index (κ3) is 3.95. The lowest BCUT2D eigenvalue weighted by atomic mass is 9.87. The Morgan fingerprint density at radius 2 is 1.42 bits per heavy atom. The second-order valence-corrected chi connectivity index (χ2v) is 6.03. The van der Waals surface area contributed by atoms with Crippen LogP contribution in [0.2, 0.25) is 0 Å². The molecule has 0 saturated heterocycles. The van der Waals surface area contributed by atoms with Gasteiger partial charge in [0.15, 0.2) is 0 Å². The lowest BCUT2D eigenvalue weighted by molar-refractivity contribution is -0.143. The topological polar surface area (TPSA) is 66.4 Å². The van der Waals surface area contributed by atoms with Gasteiger partial charge in [-0.15, -0.1) is 0 Å². The molecule has 4 nitrogen and oxygen atoms in total. The van der Waals surface area contributed by atoms with E-state index in [0.717, 1.165) is 51.4 Å². The van der Waals surface area contributed by atoms with Gasteiger partial charge in [-0.05, 0) is 25.7 Å². The van der Waals surface area contributed by atoms with Gasteiger partial charge in [-0.3, -0.25) is 9.59 Å². The normalized spacial score (nSPS) is 29.5. The number of nitrogens with one attached hydrogen (secondary N) is 1. The molecule has 4 heteroatoms. The fourth-order valence-electron chi connectivity index (χ4n) is 3.44. The number of carboxylic acids is 1. The fraction of sp³-hybridized carbons (Fsp3) is 0.867. The molecule has 2 saturated carbocycles. The maximum atomic E-state index is 12.2. The molecule has 0 spiro atoms. The fourth-order valence-corrected chi connectivity index (χ4v) is 3.44. The van der Waals surface area contributed by atoms with E-state index >= 15 is 0 Å². The van der Waals surface area contributed by atoms with Gasteiger partial charge in [0.2, 0.25) is 5.91 Å². The number of rotatable bonds is 3. The van der Waals surface area contributed by atoms with E-state index in [1.807, 2.05) is 0 Å². The Morgan fingerprint density at radius 3 is 2.05 bits per heavy atom. The molecule has 0 unspecified atom stereocenters.